The lowest BCUT2D eigenvalue weighted by atomic mass is 10.1. The summed E-state index contributed by atoms with van der Waals surface area (Å²) in [6.45, 7) is 1.22. The fraction of sp³-hybridized carbons (Fsp3) is 0.333. The number of carbonyl (C=O) groups excluding carboxylic acids is 2. The van der Waals surface area contributed by atoms with Gasteiger partial charge in [-0.05, 0) is 37.3 Å². The minimum Gasteiger partial charge on any atom is -0.394 e. The summed E-state index contributed by atoms with van der Waals surface area (Å²) in [6.07, 6.45) is -1.62. The van der Waals surface area contributed by atoms with Crippen LogP contribution in [0, 0.1) is 6.92 Å². The highest BCUT2D eigenvalue weighted by atomic mass is 16.6. The van der Waals surface area contributed by atoms with Crippen molar-refractivity contribution >= 4 is 23.5 Å². The third kappa shape index (κ3) is 7.25. The molecule has 0 spiro atoms. The van der Waals surface area contributed by atoms with E-state index in [2.05, 4.69) is 20.6 Å². The van der Waals surface area contributed by atoms with Gasteiger partial charge in [-0.1, -0.05) is 36.4 Å². The van der Waals surface area contributed by atoms with Gasteiger partial charge in [0.25, 0.3) is 11.8 Å². The van der Waals surface area contributed by atoms with Gasteiger partial charge in [0, 0.05) is 41.9 Å². The number of aliphatic hydroxyl groups is 2. The lowest BCUT2D eigenvalue weighted by molar-refractivity contribution is -0.102. The quantitative estimate of drug-likeness (QED) is 0.193. The lowest BCUT2D eigenvalue weighted by Gasteiger charge is -2.21. The van der Waals surface area contributed by atoms with Crippen molar-refractivity contribution in [2.24, 2.45) is 0 Å². The molecule has 15 nitrogen and oxygen atoms in total. The van der Waals surface area contributed by atoms with Crippen LogP contribution >= 0.6 is 0 Å². The Balaban J connectivity index is 1.05. The van der Waals surface area contributed by atoms with Crippen molar-refractivity contribution in [1.29, 1.82) is 0 Å². The molecule has 0 radical (unpaired) electrons. The number of ether oxygens (including phenoxy) is 3. The van der Waals surface area contributed by atoms with E-state index in [0.717, 1.165) is 0 Å². The molecule has 15 heteroatoms. The van der Waals surface area contributed by atoms with Crippen LogP contribution in [-0.4, -0.2) is 78.8 Å². The van der Waals surface area contributed by atoms with Crippen LogP contribution in [0.5, 0.6) is 0 Å². The van der Waals surface area contributed by atoms with Crippen LogP contribution < -0.4 is 22.0 Å². The smallest absolute Gasteiger partial charge is 0.351 e. The summed E-state index contributed by atoms with van der Waals surface area (Å²) in [7, 11) is 0. The number of aliphatic hydroxyl groups excluding tert-OH is 2. The molecule has 48 heavy (non-hydrogen) atoms. The second-order valence-corrected chi connectivity index (χ2v) is 11.5. The second-order valence-electron chi connectivity index (χ2n) is 11.5. The average Bonchev–Trinajstić information content (AvgIpc) is 3.68. The minimum absolute atomic E-state index is 0.0765. The zero-order valence-electron chi connectivity index (χ0n) is 25.8. The minimum atomic E-state index is -0.976. The predicted octanol–water partition coefficient (Wildman–Crippen LogP) is 1.63. The molecule has 0 bridgehead atoms. The molecular weight excluding hydrogens is 624 g/mol. The van der Waals surface area contributed by atoms with Gasteiger partial charge in [0.15, 0.2) is 0 Å². The zero-order chi connectivity index (χ0) is 33.8. The van der Waals surface area contributed by atoms with Crippen LogP contribution in [0.15, 0.2) is 88.7 Å². The van der Waals surface area contributed by atoms with E-state index in [-0.39, 0.29) is 31.1 Å². The van der Waals surface area contributed by atoms with Crippen molar-refractivity contribution in [1.82, 2.24) is 19.1 Å². The molecule has 2 fully saturated rings. The van der Waals surface area contributed by atoms with Crippen LogP contribution in [0.1, 0.15) is 51.6 Å². The highest BCUT2D eigenvalue weighted by molar-refractivity contribution is 6.04. The number of carbonyl (C=O) groups is 2. The number of rotatable bonds is 10. The van der Waals surface area contributed by atoms with Gasteiger partial charge in [-0.3, -0.25) is 18.7 Å². The fourth-order valence-electron chi connectivity index (χ4n) is 5.61. The SMILES string of the molecule is Cc1cn([C@H]2C[C@@H](O)[C@@H](CO[C@@H]3C[C@H](n4ccc(NC(=O)c5ccccc5)nc4=O)O[C@@H]3CO)O2)c(=O)nc1NC(=O)c1ccccc1. The molecule has 0 unspecified atom stereocenters. The normalized spacial score (nSPS) is 23.6. The van der Waals surface area contributed by atoms with Crippen molar-refractivity contribution in [3.05, 3.63) is 117 Å². The summed E-state index contributed by atoms with van der Waals surface area (Å²) < 4.78 is 20.4. The number of anilines is 2. The maximum absolute atomic E-state index is 12.9. The van der Waals surface area contributed by atoms with Crippen molar-refractivity contribution < 1.29 is 34.0 Å². The Morgan fingerprint density at radius 2 is 1.46 bits per heavy atom. The maximum atomic E-state index is 12.9. The number of nitrogens with one attached hydrogen (secondary N) is 2. The van der Waals surface area contributed by atoms with Crippen molar-refractivity contribution in [3.8, 4) is 0 Å². The van der Waals surface area contributed by atoms with Gasteiger partial charge in [0.2, 0.25) is 0 Å². The molecule has 2 aliphatic rings. The Kier molecular flexibility index (Phi) is 9.84. The highest BCUT2D eigenvalue weighted by Gasteiger charge is 2.40. The molecule has 0 aliphatic carbocycles. The van der Waals surface area contributed by atoms with E-state index in [0.29, 0.717) is 16.7 Å². The molecule has 2 saturated heterocycles. The van der Waals surface area contributed by atoms with Gasteiger partial charge >= 0.3 is 11.4 Å². The van der Waals surface area contributed by atoms with Crippen molar-refractivity contribution in [2.45, 2.75) is 56.6 Å². The van der Waals surface area contributed by atoms with E-state index < -0.39 is 66.7 Å². The summed E-state index contributed by atoms with van der Waals surface area (Å²) in [4.78, 5) is 58.7. The van der Waals surface area contributed by atoms with Gasteiger partial charge in [-0.15, -0.1) is 0 Å². The molecule has 4 N–H and O–H groups in total. The largest absolute Gasteiger partial charge is 0.394 e. The van der Waals surface area contributed by atoms with E-state index in [9.17, 15) is 29.4 Å². The van der Waals surface area contributed by atoms with Gasteiger partial charge in [0.1, 0.15) is 36.3 Å². The van der Waals surface area contributed by atoms with E-state index >= 15 is 0 Å². The van der Waals surface area contributed by atoms with E-state index in [1.54, 1.807) is 67.6 Å². The molecule has 4 aromatic rings. The maximum Gasteiger partial charge on any atom is 0.351 e. The standard InChI is InChI=1S/C33H34N6O9/c1-19-16-39(33(45)37-29(19)36-31(43)21-10-6-3-7-11-21)27-14-22(41)25(48-27)18-46-23-15-28(47-24(23)17-40)38-13-12-26(35-32(38)44)34-30(42)20-8-4-2-5-9-20/h2-13,16,22-25,27-28,40-41H,14-15,17-18H2,1H3,(H,34,35,42,44)(H,36,37,43,45)/t22-,23-,24-,25-,27-,28-/m1/s1. The summed E-state index contributed by atoms with van der Waals surface area (Å²) in [5.41, 5.74) is 0.0206. The molecule has 6 rings (SSSR count). The monoisotopic (exact) mass is 658 g/mol. The third-order valence-electron chi connectivity index (χ3n) is 8.17. The van der Waals surface area contributed by atoms with Crippen LogP contribution in [0.4, 0.5) is 11.6 Å². The molecule has 6 atom stereocenters. The fourth-order valence-corrected chi connectivity index (χ4v) is 5.61. The molecule has 2 aromatic carbocycles. The number of aryl methyl sites for hydroxylation is 1. The molecule has 0 saturated carbocycles. The van der Waals surface area contributed by atoms with Crippen molar-refractivity contribution in [2.75, 3.05) is 23.8 Å². The molecular formula is C33H34N6O9. The number of hydrogen-bond donors (Lipinski definition) is 4. The first kappa shape index (κ1) is 32.9. The summed E-state index contributed by atoms with van der Waals surface area (Å²) >= 11 is 0. The van der Waals surface area contributed by atoms with Crippen LogP contribution in [0.3, 0.4) is 0 Å². The van der Waals surface area contributed by atoms with E-state index in [1.165, 1.54) is 27.6 Å². The predicted molar refractivity (Wildman–Crippen MR) is 170 cm³/mol. The van der Waals surface area contributed by atoms with Crippen molar-refractivity contribution in [3.63, 3.8) is 0 Å². The van der Waals surface area contributed by atoms with E-state index in [1.807, 2.05) is 0 Å². The molecule has 250 valence electrons. The number of hydrogen-bond acceptors (Lipinski definition) is 11. The Morgan fingerprint density at radius 3 is 2.10 bits per heavy atom. The summed E-state index contributed by atoms with van der Waals surface area (Å²) in [6, 6.07) is 18.5. The number of nitrogens with zero attached hydrogens (tertiary/aromatic N) is 4. The van der Waals surface area contributed by atoms with Gasteiger partial charge in [-0.25, -0.2) is 9.59 Å². The van der Waals surface area contributed by atoms with E-state index in [4.69, 9.17) is 14.2 Å². The second kappa shape index (κ2) is 14.4. The topological polar surface area (TPSA) is 196 Å². The zero-order valence-corrected chi connectivity index (χ0v) is 25.8. The van der Waals surface area contributed by atoms with Crippen LogP contribution in [-0.2, 0) is 14.2 Å². The number of benzene rings is 2. The van der Waals surface area contributed by atoms with Gasteiger partial charge in [-0.2, -0.15) is 9.97 Å². The average molecular weight is 659 g/mol. The number of aromatic nitrogens is 4. The number of amides is 2. The highest BCUT2D eigenvalue weighted by Crippen LogP contribution is 2.33. The molecule has 2 aromatic heterocycles. The third-order valence-corrected chi connectivity index (χ3v) is 8.17. The Labute approximate surface area is 273 Å². The van der Waals surface area contributed by atoms with Gasteiger partial charge < -0.3 is 35.1 Å². The lowest BCUT2D eigenvalue weighted by Crippen LogP contribution is -2.34. The Hall–Kier alpha value is -5.06. The first-order chi connectivity index (χ1) is 23.2. The summed E-state index contributed by atoms with van der Waals surface area (Å²) in [5.74, 6) is -0.619. The Morgan fingerprint density at radius 1 is 0.854 bits per heavy atom. The molecule has 2 aliphatic heterocycles. The van der Waals surface area contributed by atoms with Gasteiger partial charge in [0.05, 0.1) is 25.4 Å². The first-order valence-corrected chi connectivity index (χ1v) is 15.3. The Bertz CT molecular complexity index is 1880. The molecule has 4 heterocycles. The summed E-state index contributed by atoms with van der Waals surface area (Å²) in [5, 5.41) is 25.9. The molecule has 2 amide bonds. The first-order valence-electron chi connectivity index (χ1n) is 15.3. The van der Waals surface area contributed by atoms with Crippen LogP contribution in [0.2, 0.25) is 0 Å². The van der Waals surface area contributed by atoms with Crippen LogP contribution in [0.25, 0.3) is 0 Å².